The van der Waals surface area contributed by atoms with Crippen molar-refractivity contribution in [1.82, 2.24) is 20.9 Å². The number of carbonyl (C=O) groups is 5. The predicted molar refractivity (Wildman–Crippen MR) is 202 cm³/mol. The Morgan fingerprint density at radius 3 is 1.78 bits per heavy atom. The van der Waals surface area contributed by atoms with Gasteiger partial charge in [0.2, 0.25) is 0 Å². The fourth-order valence-electron chi connectivity index (χ4n) is 5.94. The Balaban J connectivity index is 1.37. The molecule has 0 bridgehead atoms. The summed E-state index contributed by atoms with van der Waals surface area (Å²) in [4.78, 5) is 75.8. The summed E-state index contributed by atoms with van der Waals surface area (Å²) >= 11 is 0. The highest BCUT2D eigenvalue weighted by molar-refractivity contribution is 7.53. The lowest BCUT2D eigenvalue weighted by atomic mass is 10.1. The number of hydrogen-bond donors (Lipinski definition) is 5. The maximum Gasteiger partial charge on any atom is 0.407 e. The van der Waals surface area contributed by atoms with E-state index in [-0.39, 0.29) is 70.5 Å². The highest BCUT2D eigenvalue weighted by Gasteiger charge is 2.42. The van der Waals surface area contributed by atoms with E-state index in [2.05, 4.69) is 16.0 Å². The Bertz CT molecular complexity index is 1730. The Labute approximate surface area is 320 Å². The molecule has 15 nitrogen and oxygen atoms in total. The van der Waals surface area contributed by atoms with Crippen molar-refractivity contribution in [2.75, 3.05) is 19.6 Å². The van der Waals surface area contributed by atoms with Crippen LogP contribution in [0.3, 0.4) is 0 Å². The van der Waals surface area contributed by atoms with Gasteiger partial charge in [0.05, 0.1) is 0 Å². The molecule has 3 aromatic carbocycles. The largest absolute Gasteiger partial charge is 0.480 e. The fraction of sp³-hybridized carbons (Fsp3) is 0.410. The van der Waals surface area contributed by atoms with E-state index >= 15 is 0 Å². The maximum atomic E-state index is 14.1. The van der Waals surface area contributed by atoms with E-state index in [9.17, 15) is 38.5 Å². The van der Waals surface area contributed by atoms with Gasteiger partial charge in [0.15, 0.2) is 0 Å². The maximum absolute atomic E-state index is 14.1. The number of carbonyl (C=O) groups excluding carboxylic acids is 4. The molecule has 0 saturated carbocycles. The minimum absolute atomic E-state index is 0.0511. The van der Waals surface area contributed by atoms with Gasteiger partial charge in [0.25, 0.3) is 11.8 Å². The van der Waals surface area contributed by atoms with Gasteiger partial charge in [-0.3, -0.25) is 18.7 Å². The van der Waals surface area contributed by atoms with Crippen LogP contribution >= 0.6 is 7.60 Å². The second kappa shape index (κ2) is 22.2. The van der Waals surface area contributed by atoms with Crippen LogP contribution in [0.25, 0.3) is 0 Å². The average molecular weight is 781 g/mol. The minimum Gasteiger partial charge on any atom is -0.480 e. The monoisotopic (exact) mass is 780 g/mol. The van der Waals surface area contributed by atoms with Gasteiger partial charge in [-0.1, -0.05) is 78.9 Å². The lowest BCUT2D eigenvalue weighted by Gasteiger charge is -2.30. The highest BCUT2D eigenvalue weighted by Crippen LogP contribution is 2.50. The molecule has 4 atom stereocenters. The summed E-state index contributed by atoms with van der Waals surface area (Å²) in [7, 11) is -4.82. The molecule has 1 aliphatic heterocycles. The van der Waals surface area contributed by atoms with Crippen molar-refractivity contribution >= 4 is 37.6 Å². The first-order valence-corrected chi connectivity index (χ1v) is 20.0. The third-order valence-electron chi connectivity index (χ3n) is 8.86. The fourth-order valence-corrected chi connectivity index (χ4v) is 7.43. The number of nitrogens with one attached hydrogen (secondary N) is 3. The van der Waals surface area contributed by atoms with Crippen LogP contribution in [-0.2, 0) is 41.4 Å². The third-order valence-corrected chi connectivity index (χ3v) is 10.6. The summed E-state index contributed by atoms with van der Waals surface area (Å²) in [5, 5.41) is 17.6. The van der Waals surface area contributed by atoms with Gasteiger partial charge in [0, 0.05) is 25.2 Å². The molecule has 0 spiro atoms. The Morgan fingerprint density at radius 1 is 0.745 bits per heavy atom. The Kier molecular flexibility index (Phi) is 17.2. The van der Waals surface area contributed by atoms with E-state index in [0.29, 0.717) is 19.3 Å². The SMILES string of the molecule is O=C(NCCCCC(NC(=O)c1ccccc1)P(=O)(O)O[C@@H](CCCCNC(=O)OCc1ccccc1)C(=O)N1CCC[C@H]1C(=O)O)OCc1ccccc1. The minimum atomic E-state index is -4.82. The first kappa shape index (κ1) is 42.5. The first-order chi connectivity index (χ1) is 26.5. The van der Waals surface area contributed by atoms with Crippen LogP contribution < -0.4 is 16.0 Å². The molecular formula is C39H49N4O11P. The zero-order valence-corrected chi connectivity index (χ0v) is 31.4. The molecule has 1 aliphatic rings. The summed E-state index contributed by atoms with van der Waals surface area (Å²) in [6.07, 6.45) is -1.01. The van der Waals surface area contributed by atoms with Gasteiger partial charge in [-0.25, -0.2) is 14.4 Å². The summed E-state index contributed by atoms with van der Waals surface area (Å²) < 4.78 is 30.2. The van der Waals surface area contributed by atoms with Crippen molar-refractivity contribution in [2.45, 2.75) is 82.5 Å². The van der Waals surface area contributed by atoms with Crippen molar-refractivity contribution in [3.63, 3.8) is 0 Å². The summed E-state index contributed by atoms with van der Waals surface area (Å²) in [5.74, 6) is -4.03. The van der Waals surface area contributed by atoms with E-state index in [1.54, 1.807) is 18.2 Å². The summed E-state index contributed by atoms with van der Waals surface area (Å²) in [6, 6.07) is 25.3. The molecule has 55 heavy (non-hydrogen) atoms. The molecule has 0 aromatic heterocycles. The van der Waals surface area contributed by atoms with Crippen LogP contribution in [0, 0.1) is 0 Å². The van der Waals surface area contributed by atoms with Crippen LogP contribution in [0.2, 0.25) is 0 Å². The van der Waals surface area contributed by atoms with Gasteiger partial charge in [-0.05, 0) is 74.6 Å². The predicted octanol–water partition coefficient (Wildman–Crippen LogP) is 5.58. The average Bonchev–Trinajstić information content (AvgIpc) is 3.70. The van der Waals surface area contributed by atoms with Crippen LogP contribution in [0.4, 0.5) is 9.59 Å². The number of benzene rings is 3. The van der Waals surface area contributed by atoms with Gasteiger partial charge < -0.3 is 40.3 Å². The molecule has 0 aliphatic carbocycles. The molecule has 3 aromatic rings. The van der Waals surface area contributed by atoms with Crippen LogP contribution in [0.15, 0.2) is 91.0 Å². The molecule has 2 unspecified atom stereocenters. The Morgan fingerprint density at radius 2 is 1.25 bits per heavy atom. The number of ether oxygens (including phenoxy) is 2. The number of hydrogen-bond acceptors (Lipinski definition) is 9. The molecule has 0 radical (unpaired) electrons. The van der Waals surface area contributed by atoms with E-state index < -0.39 is 55.5 Å². The van der Waals surface area contributed by atoms with E-state index in [0.717, 1.165) is 16.0 Å². The number of nitrogens with zero attached hydrogens (tertiary/aromatic N) is 1. The molecule has 1 saturated heterocycles. The van der Waals surface area contributed by atoms with Gasteiger partial charge >= 0.3 is 25.8 Å². The molecular weight excluding hydrogens is 731 g/mol. The number of carboxylic acid groups (broad SMARTS) is 1. The molecule has 1 heterocycles. The molecule has 16 heteroatoms. The quantitative estimate of drug-likeness (QED) is 0.0665. The lowest BCUT2D eigenvalue weighted by molar-refractivity contribution is -0.151. The van der Waals surface area contributed by atoms with Crippen LogP contribution in [0.1, 0.15) is 72.9 Å². The standard InChI is InChI=1S/C39H49N4O11P/c44-35(31-19-8-3-9-20-31)42-34(23-11-13-25-41-39(49)53-28-30-17-6-2-7-18-30)55(50,51)54-33(36(45)43-26-14-21-32(43)37(46)47)22-10-12-24-40-38(48)52-27-29-15-4-1-5-16-29/h1-9,15-20,32-34H,10-14,21-28H2,(H,40,48)(H,41,49)(H,42,44)(H,46,47)(H,50,51)/t32-,33-,34?/m0/s1. The van der Waals surface area contributed by atoms with Crippen LogP contribution in [0.5, 0.6) is 0 Å². The molecule has 296 valence electrons. The second-order valence-corrected chi connectivity index (χ2v) is 15.0. The molecule has 5 N–H and O–H groups in total. The normalized spacial score (nSPS) is 15.9. The number of aliphatic carboxylic acids is 1. The van der Waals surface area contributed by atoms with Crippen molar-refractivity contribution in [3.05, 3.63) is 108 Å². The molecule has 4 rings (SSSR count). The van der Waals surface area contributed by atoms with Gasteiger partial charge in [0.1, 0.15) is 31.1 Å². The third kappa shape index (κ3) is 14.5. The van der Waals surface area contributed by atoms with Gasteiger partial charge in [-0.2, -0.15) is 0 Å². The Hall–Kier alpha value is -5.24. The van der Waals surface area contributed by atoms with Crippen molar-refractivity contribution in [1.29, 1.82) is 0 Å². The first-order valence-electron chi connectivity index (χ1n) is 18.3. The number of alkyl carbamates (subject to hydrolysis) is 2. The van der Waals surface area contributed by atoms with E-state index in [1.807, 2.05) is 60.7 Å². The van der Waals surface area contributed by atoms with E-state index in [1.165, 1.54) is 12.1 Å². The highest BCUT2D eigenvalue weighted by atomic mass is 31.2. The van der Waals surface area contributed by atoms with Gasteiger partial charge in [-0.15, -0.1) is 0 Å². The second-order valence-electron chi connectivity index (χ2n) is 13.0. The summed E-state index contributed by atoms with van der Waals surface area (Å²) in [6.45, 7) is 0.673. The molecule has 1 fully saturated rings. The van der Waals surface area contributed by atoms with Crippen molar-refractivity contribution in [3.8, 4) is 0 Å². The van der Waals surface area contributed by atoms with Crippen molar-refractivity contribution < 1.29 is 52.5 Å². The van der Waals surface area contributed by atoms with Crippen LogP contribution in [-0.4, -0.2) is 82.4 Å². The molecule has 4 amide bonds. The zero-order chi connectivity index (χ0) is 39.5. The number of rotatable bonds is 21. The lowest BCUT2D eigenvalue weighted by Crippen LogP contribution is -2.46. The number of unbranched alkanes of at least 4 members (excludes halogenated alkanes) is 2. The van der Waals surface area contributed by atoms with Crippen molar-refractivity contribution in [2.24, 2.45) is 0 Å². The number of carboxylic acids is 1. The van der Waals surface area contributed by atoms with E-state index in [4.69, 9.17) is 14.0 Å². The zero-order valence-electron chi connectivity index (χ0n) is 30.5. The number of amides is 4. The topological polar surface area (TPSA) is 210 Å². The number of likely N-dealkylation sites (tertiary alicyclic amines) is 1. The summed E-state index contributed by atoms with van der Waals surface area (Å²) in [5.41, 5.74) is 1.88. The smallest absolute Gasteiger partial charge is 0.407 e.